The van der Waals surface area contributed by atoms with Gasteiger partial charge in [0.1, 0.15) is 6.10 Å². The predicted molar refractivity (Wildman–Crippen MR) is 165 cm³/mol. The fourth-order valence-corrected chi connectivity index (χ4v) is 10.6. The molecule has 4 aliphatic rings. The van der Waals surface area contributed by atoms with Crippen molar-refractivity contribution < 1.29 is 9.53 Å². The summed E-state index contributed by atoms with van der Waals surface area (Å²) in [5.74, 6) is 4.77. The Morgan fingerprint density at radius 1 is 0.850 bits per heavy atom. The van der Waals surface area contributed by atoms with Gasteiger partial charge in [0.2, 0.25) is 0 Å². The highest BCUT2D eigenvalue weighted by molar-refractivity contribution is 5.79. The van der Waals surface area contributed by atoms with E-state index in [2.05, 4.69) is 87.5 Å². The zero-order valence-electron chi connectivity index (χ0n) is 25.3. The minimum absolute atomic E-state index is 0.101. The van der Waals surface area contributed by atoms with Crippen LogP contribution in [0.5, 0.6) is 0 Å². The van der Waals surface area contributed by atoms with Crippen LogP contribution in [0.2, 0.25) is 0 Å². The molecule has 0 aliphatic heterocycles. The maximum absolute atomic E-state index is 11.6. The average molecular weight is 539 g/mol. The standard InChI is InChI=1S/C38H50O2/c1-26(15-17-32(28-11-7-5-8-12-28)29-13-9-6-10-14-29)34-19-20-35-33-18-16-30-25-31(40-27(2)39)21-23-37(30,3)36(33)22-24-38(34,35)4/h5-14,17,26,30-31,33-36H,15-16,18-25H2,1-4H3/t26-,30-,31-,33+,34-,35+,36+,37+,38-/m1/s1. The number of hydrogen-bond donors (Lipinski definition) is 0. The van der Waals surface area contributed by atoms with Gasteiger partial charge in [0.05, 0.1) is 0 Å². The third-order valence-electron chi connectivity index (χ3n) is 12.6. The van der Waals surface area contributed by atoms with E-state index >= 15 is 0 Å². The number of esters is 1. The van der Waals surface area contributed by atoms with E-state index in [0.717, 1.165) is 48.9 Å². The van der Waals surface area contributed by atoms with Crippen LogP contribution in [0, 0.1) is 46.3 Å². The van der Waals surface area contributed by atoms with Gasteiger partial charge < -0.3 is 4.74 Å². The van der Waals surface area contributed by atoms with E-state index in [-0.39, 0.29) is 12.1 Å². The molecule has 0 saturated heterocycles. The topological polar surface area (TPSA) is 26.3 Å². The Morgan fingerprint density at radius 2 is 1.48 bits per heavy atom. The summed E-state index contributed by atoms with van der Waals surface area (Å²) in [4.78, 5) is 11.6. The largest absolute Gasteiger partial charge is 0.463 e. The van der Waals surface area contributed by atoms with Crippen molar-refractivity contribution in [2.24, 2.45) is 46.3 Å². The molecule has 0 amide bonds. The molecule has 9 atom stereocenters. The highest BCUT2D eigenvalue weighted by Crippen LogP contribution is 2.68. The molecule has 2 heteroatoms. The third-order valence-corrected chi connectivity index (χ3v) is 12.6. The van der Waals surface area contributed by atoms with Crippen LogP contribution in [0.25, 0.3) is 5.57 Å². The Balaban J connectivity index is 1.18. The van der Waals surface area contributed by atoms with Crippen LogP contribution >= 0.6 is 0 Å². The minimum atomic E-state index is -0.101. The first-order chi connectivity index (χ1) is 19.3. The van der Waals surface area contributed by atoms with Gasteiger partial charge in [-0.25, -0.2) is 0 Å². The van der Waals surface area contributed by atoms with E-state index < -0.39 is 0 Å². The van der Waals surface area contributed by atoms with E-state index in [9.17, 15) is 4.79 Å². The highest BCUT2D eigenvalue weighted by atomic mass is 16.5. The van der Waals surface area contributed by atoms with Crippen molar-refractivity contribution in [1.82, 2.24) is 0 Å². The Bertz CT molecular complexity index is 1160. The first-order valence-corrected chi connectivity index (χ1v) is 16.3. The van der Waals surface area contributed by atoms with Crippen LogP contribution in [0.1, 0.15) is 103 Å². The Hall–Kier alpha value is -2.35. The second-order valence-electron chi connectivity index (χ2n) is 14.5. The molecule has 2 aromatic carbocycles. The summed E-state index contributed by atoms with van der Waals surface area (Å²) >= 11 is 0. The van der Waals surface area contributed by atoms with Gasteiger partial charge in [-0.2, -0.15) is 0 Å². The van der Waals surface area contributed by atoms with Crippen molar-refractivity contribution in [2.75, 3.05) is 0 Å². The van der Waals surface area contributed by atoms with E-state index in [4.69, 9.17) is 4.74 Å². The normalized spacial score (nSPS) is 37.4. The van der Waals surface area contributed by atoms with Gasteiger partial charge >= 0.3 is 5.97 Å². The summed E-state index contributed by atoms with van der Waals surface area (Å²) in [6.45, 7) is 9.43. The second-order valence-corrected chi connectivity index (χ2v) is 14.5. The monoisotopic (exact) mass is 538 g/mol. The molecule has 0 aromatic heterocycles. The van der Waals surface area contributed by atoms with Gasteiger partial charge in [0.15, 0.2) is 0 Å². The summed E-state index contributed by atoms with van der Waals surface area (Å²) in [5, 5.41) is 0. The summed E-state index contributed by atoms with van der Waals surface area (Å²) in [5.41, 5.74) is 4.95. The molecule has 4 aliphatic carbocycles. The maximum Gasteiger partial charge on any atom is 0.302 e. The number of carbonyl (C=O) groups is 1. The SMILES string of the molecule is CC(=O)O[C@@H]1CC[C@@]2(C)[C@H](CC[C@@H]3[C@@H]2CC[C@]2(C)[C@@H]([C@H](C)CC=C(c4ccccc4)c4ccccc4)CC[C@@H]32)C1. The second kappa shape index (κ2) is 11.1. The van der Waals surface area contributed by atoms with Gasteiger partial charge in [-0.15, -0.1) is 0 Å². The van der Waals surface area contributed by atoms with E-state index in [1.165, 1.54) is 61.6 Å². The lowest BCUT2D eigenvalue weighted by Crippen LogP contribution is -2.54. The molecule has 40 heavy (non-hydrogen) atoms. The molecule has 4 fully saturated rings. The lowest BCUT2D eigenvalue weighted by atomic mass is 9.44. The Morgan fingerprint density at radius 3 is 2.12 bits per heavy atom. The zero-order chi connectivity index (χ0) is 27.9. The van der Waals surface area contributed by atoms with Crippen molar-refractivity contribution in [1.29, 1.82) is 0 Å². The molecule has 0 radical (unpaired) electrons. The van der Waals surface area contributed by atoms with Crippen molar-refractivity contribution in [3.8, 4) is 0 Å². The highest BCUT2D eigenvalue weighted by Gasteiger charge is 2.60. The predicted octanol–water partition coefficient (Wildman–Crippen LogP) is 9.74. The molecular weight excluding hydrogens is 488 g/mol. The number of rotatable bonds is 6. The van der Waals surface area contributed by atoms with Crippen molar-refractivity contribution in [3.63, 3.8) is 0 Å². The lowest BCUT2D eigenvalue weighted by molar-refractivity contribution is -0.160. The van der Waals surface area contributed by atoms with Crippen LogP contribution < -0.4 is 0 Å². The molecule has 0 unspecified atom stereocenters. The molecule has 2 nitrogen and oxygen atoms in total. The van der Waals surface area contributed by atoms with Gasteiger partial charge in [-0.3, -0.25) is 4.79 Å². The van der Waals surface area contributed by atoms with E-state index in [1.807, 2.05) is 0 Å². The fourth-order valence-electron chi connectivity index (χ4n) is 10.6. The maximum atomic E-state index is 11.6. The molecule has 4 saturated carbocycles. The average Bonchev–Trinajstić information content (AvgIpc) is 3.31. The molecular formula is C38H50O2. The van der Waals surface area contributed by atoms with E-state index in [0.29, 0.717) is 16.7 Å². The van der Waals surface area contributed by atoms with Gasteiger partial charge in [0, 0.05) is 6.92 Å². The number of fused-ring (bicyclic) bond motifs is 5. The van der Waals surface area contributed by atoms with E-state index in [1.54, 1.807) is 6.92 Å². The van der Waals surface area contributed by atoms with Crippen LogP contribution in [0.15, 0.2) is 66.7 Å². The number of allylic oxidation sites excluding steroid dienone is 1. The Kier molecular flexibility index (Phi) is 7.75. The summed E-state index contributed by atoms with van der Waals surface area (Å²) in [7, 11) is 0. The molecule has 0 heterocycles. The lowest BCUT2D eigenvalue weighted by Gasteiger charge is -2.61. The first-order valence-electron chi connectivity index (χ1n) is 16.3. The van der Waals surface area contributed by atoms with Crippen molar-refractivity contribution in [3.05, 3.63) is 77.9 Å². The van der Waals surface area contributed by atoms with Crippen LogP contribution in [0.4, 0.5) is 0 Å². The molecule has 0 N–H and O–H groups in total. The quantitative estimate of drug-likeness (QED) is 0.342. The first kappa shape index (κ1) is 27.8. The van der Waals surface area contributed by atoms with Crippen molar-refractivity contribution in [2.45, 2.75) is 98.0 Å². The number of benzene rings is 2. The molecule has 0 spiro atoms. The van der Waals surface area contributed by atoms with Crippen LogP contribution in [-0.2, 0) is 9.53 Å². The van der Waals surface area contributed by atoms with Crippen LogP contribution in [0.3, 0.4) is 0 Å². The minimum Gasteiger partial charge on any atom is -0.463 e. The third kappa shape index (κ3) is 4.99. The van der Waals surface area contributed by atoms with Crippen LogP contribution in [-0.4, -0.2) is 12.1 Å². The molecule has 0 bridgehead atoms. The van der Waals surface area contributed by atoms with Gasteiger partial charge in [-0.1, -0.05) is 87.5 Å². The number of carbonyl (C=O) groups excluding carboxylic acids is 1. The number of hydrogen-bond acceptors (Lipinski definition) is 2. The van der Waals surface area contributed by atoms with Gasteiger partial charge in [0.25, 0.3) is 0 Å². The fraction of sp³-hybridized carbons (Fsp3) is 0.605. The molecule has 214 valence electrons. The zero-order valence-corrected chi connectivity index (χ0v) is 25.3. The number of ether oxygens (including phenoxy) is 1. The summed E-state index contributed by atoms with van der Waals surface area (Å²) < 4.78 is 5.70. The van der Waals surface area contributed by atoms with Gasteiger partial charge in [-0.05, 0) is 127 Å². The molecule has 2 aromatic rings. The summed E-state index contributed by atoms with van der Waals surface area (Å²) in [6, 6.07) is 21.9. The molecule has 6 rings (SSSR count). The van der Waals surface area contributed by atoms with Crippen molar-refractivity contribution >= 4 is 11.5 Å². The Labute approximate surface area is 243 Å². The summed E-state index contributed by atoms with van der Waals surface area (Å²) in [6.07, 6.45) is 15.6. The smallest absolute Gasteiger partial charge is 0.302 e.